The Bertz CT molecular complexity index is 118. The van der Waals surface area contributed by atoms with Crippen LogP contribution in [0.3, 0.4) is 0 Å². The van der Waals surface area contributed by atoms with Gasteiger partial charge in [-0.1, -0.05) is 34.1 Å². The van der Waals surface area contributed by atoms with E-state index in [1.807, 2.05) is 13.8 Å². The minimum absolute atomic E-state index is 0.345. The predicted octanol–water partition coefficient (Wildman–Crippen LogP) is 1.08. The Kier molecular flexibility index (Phi) is 16.9. The zero-order valence-corrected chi connectivity index (χ0v) is 11.4. The van der Waals surface area contributed by atoms with Crippen LogP contribution in [0.5, 0.6) is 0 Å². The van der Waals surface area contributed by atoms with Gasteiger partial charge in [-0.25, -0.2) is 0 Å². The maximum absolute atomic E-state index is 9.20. The van der Waals surface area contributed by atoms with E-state index in [9.17, 15) is 5.11 Å². The van der Waals surface area contributed by atoms with Crippen LogP contribution in [0.25, 0.3) is 0 Å². The fourth-order valence-corrected chi connectivity index (χ4v) is 1.16. The van der Waals surface area contributed by atoms with Crippen molar-refractivity contribution in [3.05, 3.63) is 0 Å². The SMILES string of the molecule is CC.CCC.NCC(O)CN1CCOCC1. The molecule has 0 aromatic rings. The van der Waals surface area contributed by atoms with Gasteiger partial charge in [0.2, 0.25) is 0 Å². The number of hydrogen-bond acceptors (Lipinski definition) is 4. The highest BCUT2D eigenvalue weighted by molar-refractivity contribution is 4.67. The lowest BCUT2D eigenvalue weighted by molar-refractivity contribution is 0.0164. The van der Waals surface area contributed by atoms with Crippen LogP contribution in [0.1, 0.15) is 34.1 Å². The van der Waals surface area contributed by atoms with Crippen LogP contribution in [0.15, 0.2) is 0 Å². The van der Waals surface area contributed by atoms with Crippen molar-refractivity contribution in [1.82, 2.24) is 4.90 Å². The van der Waals surface area contributed by atoms with Gasteiger partial charge >= 0.3 is 0 Å². The molecule has 0 amide bonds. The highest BCUT2D eigenvalue weighted by Crippen LogP contribution is 1.97. The molecule has 1 atom stereocenters. The summed E-state index contributed by atoms with van der Waals surface area (Å²) in [6.07, 6.45) is 0.869. The van der Waals surface area contributed by atoms with Crippen LogP contribution in [0.2, 0.25) is 0 Å². The normalized spacial score (nSPS) is 17.6. The van der Waals surface area contributed by atoms with Crippen molar-refractivity contribution >= 4 is 0 Å². The van der Waals surface area contributed by atoms with Crippen molar-refractivity contribution in [2.24, 2.45) is 5.73 Å². The van der Waals surface area contributed by atoms with Crippen molar-refractivity contribution < 1.29 is 9.84 Å². The van der Waals surface area contributed by atoms with Crippen LogP contribution < -0.4 is 5.73 Å². The molecule has 1 fully saturated rings. The first-order valence-electron chi connectivity index (χ1n) is 6.42. The first kappa shape index (κ1) is 18.2. The second-order valence-corrected chi connectivity index (χ2v) is 3.51. The first-order chi connectivity index (χ1) is 7.74. The lowest BCUT2D eigenvalue weighted by Gasteiger charge is -2.27. The Balaban J connectivity index is 0. The second-order valence-electron chi connectivity index (χ2n) is 3.51. The molecule has 16 heavy (non-hydrogen) atoms. The Morgan fingerprint density at radius 1 is 1.25 bits per heavy atom. The van der Waals surface area contributed by atoms with Gasteiger partial charge in [0.25, 0.3) is 0 Å². The Morgan fingerprint density at radius 2 is 1.69 bits per heavy atom. The molecule has 0 bridgehead atoms. The van der Waals surface area contributed by atoms with Gasteiger partial charge in [0.1, 0.15) is 0 Å². The van der Waals surface area contributed by atoms with Gasteiger partial charge in [-0.05, 0) is 0 Å². The standard InChI is InChI=1S/C7H16N2O2.C3H8.C2H6/c8-5-7(10)6-9-1-3-11-4-2-9;1-3-2;1-2/h7,10H,1-6,8H2;3H2,1-2H3;1-2H3. The smallest absolute Gasteiger partial charge is 0.0789 e. The topological polar surface area (TPSA) is 58.7 Å². The minimum atomic E-state index is -0.381. The van der Waals surface area contributed by atoms with E-state index in [4.69, 9.17) is 10.5 Å². The summed E-state index contributed by atoms with van der Waals surface area (Å²) in [7, 11) is 0. The third-order valence-electron chi connectivity index (χ3n) is 1.84. The Labute approximate surface area is 101 Å². The molecular weight excluding hydrogens is 204 g/mol. The molecular formula is C12H30N2O2. The average molecular weight is 234 g/mol. The highest BCUT2D eigenvalue weighted by atomic mass is 16.5. The van der Waals surface area contributed by atoms with Gasteiger partial charge in [0.05, 0.1) is 19.3 Å². The molecule has 0 aromatic carbocycles. The molecule has 1 saturated heterocycles. The molecule has 0 saturated carbocycles. The van der Waals surface area contributed by atoms with Crippen LogP contribution in [-0.4, -0.2) is 55.5 Å². The van der Waals surface area contributed by atoms with Crippen molar-refractivity contribution in [1.29, 1.82) is 0 Å². The quantitative estimate of drug-likeness (QED) is 0.767. The maximum Gasteiger partial charge on any atom is 0.0789 e. The summed E-state index contributed by atoms with van der Waals surface area (Å²) < 4.78 is 5.16. The third-order valence-corrected chi connectivity index (χ3v) is 1.84. The molecule has 3 N–H and O–H groups in total. The number of aliphatic hydroxyl groups excluding tert-OH is 1. The summed E-state index contributed by atoms with van der Waals surface area (Å²) in [5, 5.41) is 9.20. The van der Waals surface area contributed by atoms with E-state index in [0.29, 0.717) is 13.1 Å². The largest absolute Gasteiger partial charge is 0.390 e. The predicted molar refractivity (Wildman–Crippen MR) is 69.6 cm³/mol. The van der Waals surface area contributed by atoms with Crippen LogP contribution in [0, 0.1) is 0 Å². The number of hydrogen-bond donors (Lipinski definition) is 2. The van der Waals surface area contributed by atoms with Gasteiger partial charge in [0.15, 0.2) is 0 Å². The van der Waals surface area contributed by atoms with Gasteiger partial charge in [-0.15, -0.1) is 0 Å². The number of β-amino-alcohol motifs (C(OH)–C–C–N with tert-alkyl or cyclic N) is 1. The Morgan fingerprint density at radius 3 is 2.06 bits per heavy atom. The van der Waals surface area contributed by atoms with E-state index in [0.717, 1.165) is 26.3 Å². The number of ether oxygens (including phenoxy) is 1. The molecule has 1 rings (SSSR count). The number of rotatable bonds is 3. The minimum Gasteiger partial charge on any atom is -0.390 e. The number of aliphatic hydroxyl groups is 1. The van der Waals surface area contributed by atoms with Crippen molar-refractivity contribution in [3.8, 4) is 0 Å². The molecule has 4 heteroatoms. The van der Waals surface area contributed by atoms with Crippen LogP contribution in [-0.2, 0) is 4.74 Å². The van der Waals surface area contributed by atoms with E-state index in [-0.39, 0.29) is 6.10 Å². The number of morpholine rings is 1. The molecule has 0 spiro atoms. The van der Waals surface area contributed by atoms with Gasteiger partial charge < -0.3 is 15.6 Å². The zero-order valence-electron chi connectivity index (χ0n) is 11.4. The lowest BCUT2D eigenvalue weighted by atomic mass is 10.3. The average Bonchev–Trinajstić information content (AvgIpc) is 2.34. The summed E-state index contributed by atoms with van der Waals surface area (Å²) in [6.45, 7) is 12.7. The molecule has 1 heterocycles. The zero-order chi connectivity index (χ0) is 12.8. The van der Waals surface area contributed by atoms with Gasteiger partial charge in [-0.3, -0.25) is 4.90 Å². The Hall–Kier alpha value is -0.160. The third kappa shape index (κ3) is 11.9. The number of nitrogens with two attached hydrogens (primary N) is 1. The van der Waals surface area contributed by atoms with E-state index in [1.165, 1.54) is 6.42 Å². The first-order valence-corrected chi connectivity index (χ1v) is 6.42. The molecule has 4 nitrogen and oxygen atoms in total. The molecule has 1 aliphatic heterocycles. The molecule has 0 aliphatic carbocycles. The summed E-state index contributed by atoms with van der Waals surface area (Å²) >= 11 is 0. The second kappa shape index (κ2) is 14.8. The summed E-state index contributed by atoms with van der Waals surface area (Å²) in [5.74, 6) is 0. The van der Waals surface area contributed by atoms with E-state index >= 15 is 0 Å². The van der Waals surface area contributed by atoms with Gasteiger partial charge in [0, 0.05) is 26.2 Å². The molecule has 0 aromatic heterocycles. The summed E-state index contributed by atoms with van der Waals surface area (Å²) in [5.41, 5.74) is 5.28. The summed E-state index contributed by atoms with van der Waals surface area (Å²) in [6, 6.07) is 0. The van der Waals surface area contributed by atoms with Gasteiger partial charge in [-0.2, -0.15) is 0 Å². The molecule has 100 valence electrons. The van der Waals surface area contributed by atoms with Crippen LogP contribution >= 0.6 is 0 Å². The lowest BCUT2D eigenvalue weighted by Crippen LogP contribution is -2.42. The fraction of sp³-hybridized carbons (Fsp3) is 1.00. The highest BCUT2D eigenvalue weighted by Gasteiger charge is 2.12. The van der Waals surface area contributed by atoms with Crippen LogP contribution in [0.4, 0.5) is 0 Å². The van der Waals surface area contributed by atoms with Crippen molar-refractivity contribution in [2.45, 2.75) is 40.2 Å². The summed E-state index contributed by atoms with van der Waals surface area (Å²) in [4.78, 5) is 2.17. The molecule has 1 aliphatic rings. The monoisotopic (exact) mass is 234 g/mol. The van der Waals surface area contributed by atoms with Crippen molar-refractivity contribution in [3.63, 3.8) is 0 Å². The molecule has 0 radical (unpaired) electrons. The van der Waals surface area contributed by atoms with E-state index in [2.05, 4.69) is 18.7 Å². The fourth-order valence-electron chi connectivity index (χ4n) is 1.16. The van der Waals surface area contributed by atoms with Crippen molar-refractivity contribution in [2.75, 3.05) is 39.4 Å². The van der Waals surface area contributed by atoms with E-state index < -0.39 is 0 Å². The maximum atomic E-state index is 9.20. The van der Waals surface area contributed by atoms with E-state index in [1.54, 1.807) is 0 Å². The molecule has 1 unspecified atom stereocenters. The number of nitrogens with zero attached hydrogens (tertiary/aromatic N) is 1.